The van der Waals surface area contributed by atoms with Gasteiger partial charge in [0.1, 0.15) is 4.90 Å². The van der Waals surface area contributed by atoms with Crippen molar-refractivity contribution >= 4 is 31.9 Å². The van der Waals surface area contributed by atoms with Crippen molar-refractivity contribution in [3.05, 3.63) is 16.5 Å². The number of sulfonamides is 1. The number of nitrogens with one attached hydrogen (secondary N) is 1. The van der Waals surface area contributed by atoms with Crippen LogP contribution in [0.3, 0.4) is 0 Å². The summed E-state index contributed by atoms with van der Waals surface area (Å²) in [5, 5.41) is 8.78. The second-order valence-electron chi connectivity index (χ2n) is 4.86. The molecule has 1 atom stereocenters. The lowest BCUT2D eigenvalue weighted by atomic mass is 10.4. The van der Waals surface area contributed by atoms with E-state index in [0.717, 1.165) is 6.07 Å². The van der Waals surface area contributed by atoms with Crippen LogP contribution in [0.2, 0.25) is 0 Å². The van der Waals surface area contributed by atoms with Gasteiger partial charge in [0.2, 0.25) is 15.8 Å². The highest BCUT2D eigenvalue weighted by Gasteiger charge is 2.34. The third-order valence-corrected chi connectivity index (χ3v) is 5.00. The van der Waals surface area contributed by atoms with Crippen LogP contribution in [0.5, 0.6) is 0 Å². The number of hydrogen-bond acceptors (Lipinski definition) is 6. The minimum Gasteiger partial charge on any atom is -0.475 e. The summed E-state index contributed by atoms with van der Waals surface area (Å²) in [5.41, 5.74) is 0. The second-order valence-corrected chi connectivity index (χ2v) is 7.31. The molecule has 8 nitrogen and oxygen atoms in total. The molecular weight excluding hydrogens is 370 g/mol. The minimum atomic E-state index is -3.92. The monoisotopic (exact) mass is 383 g/mol. The van der Waals surface area contributed by atoms with E-state index >= 15 is 0 Å². The van der Waals surface area contributed by atoms with Crippen molar-refractivity contribution in [1.82, 2.24) is 4.72 Å². The molecule has 10 heteroatoms. The van der Waals surface area contributed by atoms with Gasteiger partial charge in [-0.1, -0.05) is 0 Å². The van der Waals surface area contributed by atoms with Crippen LogP contribution in [0.15, 0.2) is 20.0 Å². The molecule has 0 amide bonds. The average molecular weight is 384 g/mol. The number of hydrogen-bond donors (Lipinski definition) is 2. The molecule has 1 unspecified atom stereocenters. The first kappa shape index (κ1) is 16.4. The van der Waals surface area contributed by atoms with Crippen LogP contribution in [0.25, 0.3) is 0 Å². The Morgan fingerprint density at radius 2 is 2.24 bits per heavy atom. The molecule has 1 fully saturated rings. The molecule has 1 aromatic rings. The molecule has 118 valence electrons. The first-order chi connectivity index (χ1) is 9.61. The summed E-state index contributed by atoms with van der Waals surface area (Å²) in [7, 11) is -3.92. The molecule has 1 aliphatic heterocycles. The van der Waals surface area contributed by atoms with Crippen molar-refractivity contribution in [3.8, 4) is 0 Å². The average Bonchev–Trinajstić information content (AvgIpc) is 2.90. The SMILES string of the molecule is CC1(C)OCC(CNS(=O)(=O)c2cc(C(=O)O)oc2Br)O1. The summed E-state index contributed by atoms with van der Waals surface area (Å²) in [6, 6.07) is 0.935. The molecular formula is C11H14BrNO7S. The maximum Gasteiger partial charge on any atom is 0.371 e. The van der Waals surface area contributed by atoms with Crippen molar-refractivity contribution in [3.63, 3.8) is 0 Å². The Bertz CT molecular complexity index is 652. The summed E-state index contributed by atoms with van der Waals surface area (Å²) in [5.74, 6) is -2.57. The van der Waals surface area contributed by atoms with Crippen LogP contribution >= 0.6 is 15.9 Å². The Morgan fingerprint density at radius 3 is 2.71 bits per heavy atom. The maximum atomic E-state index is 12.1. The van der Waals surface area contributed by atoms with Gasteiger partial charge in [-0.15, -0.1) is 0 Å². The summed E-state index contributed by atoms with van der Waals surface area (Å²) in [6.45, 7) is 3.73. The Hall–Kier alpha value is -0.940. The zero-order chi connectivity index (χ0) is 15.8. The van der Waals surface area contributed by atoms with Crippen molar-refractivity contribution in [2.45, 2.75) is 30.6 Å². The minimum absolute atomic E-state index is 0.00574. The van der Waals surface area contributed by atoms with E-state index in [1.54, 1.807) is 13.8 Å². The lowest BCUT2D eigenvalue weighted by Crippen LogP contribution is -2.34. The van der Waals surface area contributed by atoms with E-state index in [-0.39, 0.29) is 22.7 Å². The number of carboxylic acid groups (broad SMARTS) is 1. The smallest absolute Gasteiger partial charge is 0.371 e. The highest BCUT2D eigenvalue weighted by molar-refractivity contribution is 9.10. The molecule has 0 aliphatic carbocycles. The van der Waals surface area contributed by atoms with Gasteiger partial charge >= 0.3 is 5.97 Å². The van der Waals surface area contributed by atoms with Crippen LogP contribution in [0.1, 0.15) is 24.4 Å². The Balaban J connectivity index is 2.07. The molecule has 0 spiro atoms. The molecule has 2 N–H and O–H groups in total. The summed E-state index contributed by atoms with van der Waals surface area (Å²) < 4.78 is 42.0. The molecule has 1 saturated heterocycles. The third-order valence-electron chi connectivity index (χ3n) is 2.72. The number of ether oxygens (including phenoxy) is 2. The van der Waals surface area contributed by atoms with E-state index in [4.69, 9.17) is 19.0 Å². The Labute approximate surface area is 129 Å². The summed E-state index contributed by atoms with van der Waals surface area (Å²) in [6.07, 6.45) is -0.417. The van der Waals surface area contributed by atoms with E-state index in [1.807, 2.05) is 0 Å². The first-order valence-corrected chi connectivity index (χ1v) is 8.22. The molecule has 1 aliphatic rings. The fourth-order valence-electron chi connectivity index (χ4n) is 1.78. The largest absolute Gasteiger partial charge is 0.475 e. The number of furan rings is 1. The maximum absolute atomic E-state index is 12.1. The lowest BCUT2D eigenvalue weighted by molar-refractivity contribution is -0.137. The van der Waals surface area contributed by atoms with Crippen molar-refractivity contribution in [2.24, 2.45) is 0 Å². The quantitative estimate of drug-likeness (QED) is 0.783. The molecule has 0 bridgehead atoms. The number of aromatic carboxylic acids is 1. The number of carboxylic acids is 1. The fourth-order valence-corrected chi connectivity index (χ4v) is 3.79. The van der Waals surface area contributed by atoms with Gasteiger partial charge in [0.15, 0.2) is 10.5 Å². The van der Waals surface area contributed by atoms with Gasteiger partial charge in [0, 0.05) is 12.6 Å². The van der Waals surface area contributed by atoms with Crippen LogP contribution in [-0.2, 0) is 19.5 Å². The highest BCUT2D eigenvalue weighted by atomic mass is 79.9. The predicted octanol–water partition coefficient (Wildman–Crippen LogP) is 1.17. The summed E-state index contributed by atoms with van der Waals surface area (Å²) in [4.78, 5) is 10.5. The third kappa shape index (κ3) is 3.83. The van der Waals surface area contributed by atoms with Crippen molar-refractivity contribution in [2.75, 3.05) is 13.2 Å². The molecule has 1 aromatic heterocycles. The normalized spacial score (nSPS) is 21.6. The topological polar surface area (TPSA) is 115 Å². The van der Waals surface area contributed by atoms with E-state index in [1.165, 1.54) is 0 Å². The van der Waals surface area contributed by atoms with Crippen molar-refractivity contribution < 1.29 is 32.2 Å². The van der Waals surface area contributed by atoms with Gasteiger partial charge in [-0.3, -0.25) is 0 Å². The molecule has 21 heavy (non-hydrogen) atoms. The van der Waals surface area contributed by atoms with E-state index in [2.05, 4.69) is 20.7 Å². The van der Waals surface area contributed by atoms with E-state index in [9.17, 15) is 13.2 Å². The van der Waals surface area contributed by atoms with Gasteiger partial charge < -0.3 is 19.0 Å². The molecule has 2 heterocycles. The number of carbonyl (C=O) groups is 1. The Morgan fingerprint density at radius 1 is 1.57 bits per heavy atom. The zero-order valence-corrected chi connectivity index (χ0v) is 13.7. The lowest BCUT2D eigenvalue weighted by Gasteiger charge is -2.17. The van der Waals surface area contributed by atoms with Crippen LogP contribution in [0.4, 0.5) is 0 Å². The van der Waals surface area contributed by atoms with Gasteiger partial charge in [0.05, 0.1) is 12.7 Å². The number of rotatable bonds is 5. The molecule has 0 radical (unpaired) electrons. The Kier molecular flexibility index (Phi) is 4.45. The van der Waals surface area contributed by atoms with Gasteiger partial charge in [-0.25, -0.2) is 17.9 Å². The fraction of sp³-hybridized carbons (Fsp3) is 0.545. The van der Waals surface area contributed by atoms with Crippen molar-refractivity contribution in [1.29, 1.82) is 0 Å². The van der Waals surface area contributed by atoms with Crippen LogP contribution in [-0.4, -0.2) is 44.5 Å². The van der Waals surface area contributed by atoms with Gasteiger partial charge in [-0.05, 0) is 29.8 Å². The summed E-state index contributed by atoms with van der Waals surface area (Å²) >= 11 is 2.89. The highest BCUT2D eigenvalue weighted by Crippen LogP contribution is 2.27. The molecule has 0 aromatic carbocycles. The number of halogens is 1. The predicted molar refractivity (Wildman–Crippen MR) is 73.5 cm³/mol. The van der Waals surface area contributed by atoms with Gasteiger partial charge in [-0.2, -0.15) is 0 Å². The van der Waals surface area contributed by atoms with Gasteiger partial charge in [0.25, 0.3) is 0 Å². The molecule has 2 rings (SSSR count). The molecule has 0 saturated carbocycles. The van der Waals surface area contributed by atoms with Crippen LogP contribution in [0, 0.1) is 0 Å². The van der Waals surface area contributed by atoms with E-state index in [0.29, 0.717) is 0 Å². The second kappa shape index (κ2) is 5.69. The standard InChI is InChI=1S/C11H14BrNO7S/c1-11(2)18-5-6(20-11)4-13-21(16,17)8-3-7(10(14)15)19-9(8)12/h3,6,13H,4-5H2,1-2H3,(H,14,15). The van der Waals surface area contributed by atoms with Crippen LogP contribution < -0.4 is 4.72 Å². The van der Waals surface area contributed by atoms with E-state index < -0.39 is 33.6 Å². The zero-order valence-electron chi connectivity index (χ0n) is 11.3. The first-order valence-electron chi connectivity index (χ1n) is 5.95.